The largest absolute Gasteiger partial charge is 0.329 e. The maximum Gasteiger partial charge on any atom is 0.0409 e. The number of unbranched alkanes of at least 4 members (excludes halogenated alkanes) is 4. The Morgan fingerprint density at radius 1 is 1.19 bits per heavy atom. The van der Waals surface area contributed by atoms with Crippen LogP contribution in [0.1, 0.15) is 64.0 Å². The van der Waals surface area contributed by atoms with Crippen molar-refractivity contribution in [3.8, 4) is 0 Å². The van der Waals surface area contributed by atoms with Crippen LogP contribution in [0.15, 0.2) is 24.3 Å². The number of halogens is 1. The molecule has 2 nitrogen and oxygen atoms in total. The second-order valence-corrected chi connectivity index (χ2v) is 6.43. The van der Waals surface area contributed by atoms with Gasteiger partial charge in [0.2, 0.25) is 0 Å². The van der Waals surface area contributed by atoms with Gasteiger partial charge in [-0.3, -0.25) is 4.90 Å². The minimum absolute atomic E-state index is 0.341. The van der Waals surface area contributed by atoms with E-state index in [1.54, 1.807) is 0 Å². The third-order valence-corrected chi connectivity index (χ3v) is 4.67. The van der Waals surface area contributed by atoms with Crippen LogP contribution in [0.2, 0.25) is 5.02 Å². The molecule has 0 spiro atoms. The van der Waals surface area contributed by atoms with Crippen molar-refractivity contribution in [2.75, 3.05) is 13.6 Å². The first-order valence-corrected chi connectivity index (χ1v) is 8.65. The lowest BCUT2D eigenvalue weighted by Gasteiger charge is -2.33. The van der Waals surface area contributed by atoms with E-state index in [-0.39, 0.29) is 0 Å². The van der Waals surface area contributed by atoms with Crippen LogP contribution in [0, 0.1) is 0 Å². The second kappa shape index (κ2) is 10.2. The summed E-state index contributed by atoms with van der Waals surface area (Å²) in [5.41, 5.74) is 7.25. The zero-order valence-corrected chi connectivity index (χ0v) is 14.6. The molecule has 0 bridgehead atoms. The van der Waals surface area contributed by atoms with Crippen molar-refractivity contribution in [2.24, 2.45) is 5.73 Å². The van der Waals surface area contributed by atoms with Gasteiger partial charge in [-0.05, 0) is 38.1 Å². The maximum atomic E-state index is 6.10. The smallest absolute Gasteiger partial charge is 0.0409 e. The van der Waals surface area contributed by atoms with Gasteiger partial charge in [-0.2, -0.15) is 0 Å². The molecule has 1 aromatic carbocycles. The highest BCUT2D eigenvalue weighted by Crippen LogP contribution is 2.24. The van der Waals surface area contributed by atoms with Gasteiger partial charge >= 0.3 is 0 Å². The summed E-state index contributed by atoms with van der Waals surface area (Å²) < 4.78 is 0. The quantitative estimate of drug-likeness (QED) is 0.615. The van der Waals surface area contributed by atoms with E-state index in [2.05, 4.69) is 37.9 Å². The third-order valence-electron chi connectivity index (χ3n) is 4.43. The average Bonchev–Trinajstić information content (AvgIpc) is 2.49. The van der Waals surface area contributed by atoms with Crippen LogP contribution in [0.5, 0.6) is 0 Å². The lowest BCUT2D eigenvalue weighted by Crippen LogP contribution is -2.39. The molecule has 0 radical (unpaired) electrons. The predicted octanol–water partition coefficient (Wildman–Crippen LogP) is 5.02. The predicted molar refractivity (Wildman–Crippen MR) is 93.8 cm³/mol. The van der Waals surface area contributed by atoms with Crippen LogP contribution >= 0.6 is 11.6 Å². The summed E-state index contributed by atoms with van der Waals surface area (Å²) in [6, 6.07) is 8.92. The fourth-order valence-electron chi connectivity index (χ4n) is 2.79. The number of hydrogen-bond donors (Lipinski definition) is 1. The van der Waals surface area contributed by atoms with Gasteiger partial charge in [-0.25, -0.2) is 0 Å². The van der Waals surface area contributed by atoms with Crippen molar-refractivity contribution in [1.82, 2.24) is 4.90 Å². The van der Waals surface area contributed by atoms with Crippen LogP contribution < -0.4 is 5.73 Å². The molecule has 2 unspecified atom stereocenters. The summed E-state index contributed by atoms with van der Waals surface area (Å²) in [5, 5.41) is 0.802. The molecule has 0 fully saturated rings. The summed E-state index contributed by atoms with van der Waals surface area (Å²) >= 11 is 6.10. The normalized spacial score (nSPS) is 14.4. The summed E-state index contributed by atoms with van der Waals surface area (Å²) in [7, 11) is 2.18. The molecular formula is C18H31ClN2. The van der Waals surface area contributed by atoms with Crippen LogP contribution in [0.25, 0.3) is 0 Å². The molecule has 0 saturated heterocycles. The Bertz CT molecular complexity index is 395. The van der Waals surface area contributed by atoms with Gasteiger partial charge in [-0.1, -0.05) is 62.8 Å². The zero-order chi connectivity index (χ0) is 15.7. The Morgan fingerprint density at radius 2 is 1.90 bits per heavy atom. The molecule has 1 rings (SSSR count). The summed E-state index contributed by atoms with van der Waals surface area (Å²) in [6.45, 7) is 5.20. The first-order valence-electron chi connectivity index (χ1n) is 8.27. The van der Waals surface area contributed by atoms with E-state index < -0.39 is 0 Å². The zero-order valence-electron chi connectivity index (χ0n) is 13.8. The van der Waals surface area contributed by atoms with Crippen LogP contribution in [-0.4, -0.2) is 24.5 Å². The van der Waals surface area contributed by atoms with Crippen LogP contribution in [0.3, 0.4) is 0 Å². The van der Waals surface area contributed by atoms with E-state index in [1.165, 1.54) is 44.1 Å². The van der Waals surface area contributed by atoms with Gasteiger partial charge < -0.3 is 5.73 Å². The van der Waals surface area contributed by atoms with Crippen molar-refractivity contribution in [1.29, 1.82) is 0 Å². The molecule has 0 aliphatic carbocycles. The lowest BCUT2D eigenvalue weighted by atomic mass is 10.0. The van der Waals surface area contributed by atoms with Crippen molar-refractivity contribution >= 4 is 11.6 Å². The molecule has 2 atom stereocenters. The topological polar surface area (TPSA) is 29.3 Å². The van der Waals surface area contributed by atoms with Gasteiger partial charge in [0, 0.05) is 23.7 Å². The SMILES string of the molecule is CCCCCCCC(CN)N(C)C(C)c1cccc(Cl)c1. The van der Waals surface area contributed by atoms with E-state index in [1.807, 2.05) is 12.1 Å². The van der Waals surface area contributed by atoms with Gasteiger partial charge in [0.15, 0.2) is 0 Å². The van der Waals surface area contributed by atoms with E-state index in [4.69, 9.17) is 17.3 Å². The monoisotopic (exact) mass is 310 g/mol. The molecule has 3 heteroatoms. The molecule has 21 heavy (non-hydrogen) atoms. The molecule has 0 heterocycles. The molecule has 120 valence electrons. The standard InChI is InChI=1S/C18H31ClN2/c1-4-5-6-7-8-12-18(14-20)21(3)15(2)16-10-9-11-17(19)13-16/h9-11,13,15,18H,4-8,12,14,20H2,1-3H3. The molecule has 2 N–H and O–H groups in total. The first-order chi connectivity index (χ1) is 10.1. The van der Waals surface area contributed by atoms with E-state index in [0.717, 1.165) is 11.6 Å². The maximum absolute atomic E-state index is 6.10. The van der Waals surface area contributed by atoms with Crippen molar-refractivity contribution < 1.29 is 0 Å². The van der Waals surface area contributed by atoms with Crippen LogP contribution in [0.4, 0.5) is 0 Å². The Morgan fingerprint density at radius 3 is 2.52 bits per heavy atom. The molecule has 0 aromatic heterocycles. The third kappa shape index (κ3) is 6.37. The fourth-order valence-corrected chi connectivity index (χ4v) is 2.99. The Labute approximate surface area is 135 Å². The fraction of sp³-hybridized carbons (Fsp3) is 0.667. The Hall–Kier alpha value is -0.570. The number of nitrogens with zero attached hydrogens (tertiary/aromatic N) is 1. The highest BCUT2D eigenvalue weighted by Gasteiger charge is 2.19. The summed E-state index contributed by atoms with van der Waals surface area (Å²) in [5.74, 6) is 0. The highest BCUT2D eigenvalue weighted by atomic mass is 35.5. The Kier molecular flexibility index (Phi) is 8.98. The van der Waals surface area contributed by atoms with Gasteiger partial charge in [0.25, 0.3) is 0 Å². The first kappa shape index (κ1) is 18.5. The number of benzene rings is 1. The molecule has 0 aliphatic rings. The van der Waals surface area contributed by atoms with Crippen LogP contribution in [-0.2, 0) is 0 Å². The number of nitrogens with two attached hydrogens (primary N) is 1. The number of hydrogen-bond acceptors (Lipinski definition) is 2. The molecule has 0 saturated carbocycles. The van der Waals surface area contributed by atoms with Crippen molar-refractivity contribution in [3.05, 3.63) is 34.9 Å². The number of likely N-dealkylation sites (N-methyl/N-ethyl adjacent to an activating group) is 1. The second-order valence-electron chi connectivity index (χ2n) is 5.99. The summed E-state index contributed by atoms with van der Waals surface area (Å²) in [6.07, 6.45) is 7.77. The van der Waals surface area contributed by atoms with Crippen molar-refractivity contribution in [3.63, 3.8) is 0 Å². The van der Waals surface area contributed by atoms with Crippen molar-refractivity contribution in [2.45, 2.75) is 64.5 Å². The Balaban J connectivity index is 2.51. The van der Waals surface area contributed by atoms with E-state index in [9.17, 15) is 0 Å². The lowest BCUT2D eigenvalue weighted by molar-refractivity contribution is 0.177. The van der Waals surface area contributed by atoms with Gasteiger partial charge in [0.05, 0.1) is 0 Å². The molecule has 0 aliphatic heterocycles. The molecule has 1 aromatic rings. The van der Waals surface area contributed by atoms with E-state index >= 15 is 0 Å². The number of rotatable bonds is 10. The molecular weight excluding hydrogens is 280 g/mol. The highest BCUT2D eigenvalue weighted by molar-refractivity contribution is 6.30. The minimum Gasteiger partial charge on any atom is -0.329 e. The minimum atomic E-state index is 0.341. The van der Waals surface area contributed by atoms with E-state index in [0.29, 0.717) is 12.1 Å². The molecule has 0 amide bonds. The summed E-state index contributed by atoms with van der Waals surface area (Å²) in [4.78, 5) is 2.39. The average molecular weight is 311 g/mol. The van der Waals surface area contributed by atoms with Gasteiger partial charge in [0.1, 0.15) is 0 Å². The van der Waals surface area contributed by atoms with Gasteiger partial charge in [-0.15, -0.1) is 0 Å².